The minimum absolute atomic E-state index is 0.0431. The molecule has 4 nitrogen and oxygen atoms in total. The van der Waals surface area contributed by atoms with Gasteiger partial charge in [-0.2, -0.15) is 0 Å². The van der Waals surface area contributed by atoms with Crippen molar-refractivity contribution in [3.05, 3.63) is 29.3 Å². The van der Waals surface area contributed by atoms with Crippen molar-refractivity contribution in [2.45, 2.75) is 37.5 Å². The molecule has 0 saturated carbocycles. The lowest BCUT2D eigenvalue weighted by molar-refractivity contribution is 0.178. The van der Waals surface area contributed by atoms with E-state index < -0.39 is 15.1 Å². The molecule has 18 heavy (non-hydrogen) atoms. The molecule has 98 valence electrons. The second-order valence-electron chi connectivity index (χ2n) is 4.32. The molecule has 1 aliphatic rings. The molecule has 0 aliphatic heterocycles. The summed E-state index contributed by atoms with van der Waals surface area (Å²) >= 11 is 0. The van der Waals surface area contributed by atoms with E-state index in [1.165, 1.54) is 11.6 Å². The largest absolute Gasteiger partial charge is 0.454 e. The Hall–Kier alpha value is -1.36. The van der Waals surface area contributed by atoms with Gasteiger partial charge in [-0.1, -0.05) is 6.07 Å². The van der Waals surface area contributed by atoms with Gasteiger partial charge in [0.25, 0.3) is 9.84 Å². The fraction of sp³-hybridized carbons (Fsp3) is 0.462. The van der Waals surface area contributed by atoms with Gasteiger partial charge in [-0.15, -0.1) is 0 Å². The minimum atomic E-state index is -4.00. The normalized spacial score (nSPS) is 14.9. The van der Waals surface area contributed by atoms with Crippen LogP contribution < -0.4 is 0 Å². The van der Waals surface area contributed by atoms with Gasteiger partial charge in [-0.25, -0.2) is 13.2 Å². The van der Waals surface area contributed by atoms with Gasteiger partial charge < -0.3 is 4.74 Å². The maximum Gasteiger partial charge on any atom is 0.429 e. The molecule has 2 rings (SSSR count). The van der Waals surface area contributed by atoms with Crippen LogP contribution >= 0.6 is 0 Å². The molecular weight excluding hydrogens is 252 g/mol. The standard InChI is InChI=1S/C13H16O4S/c1-2-17-13(14)18(15,16)12-8-7-10-5-3-4-6-11(10)9-12/h7-9H,2-6H2,1H3. The maximum atomic E-state index is 11.9. The molecule has 0 aromatic heterocycles. The first-order valence-corrected chi connectivity index (χ1v) is 7.57. The van der Waals surface area contributed by atoms with Crippen LogP contribution in [-0.4, -0.2) is 20.3 Å². The Kier molecular flexibility index (Phi) is 3.71. The number of fused-ring (bicyclic) bond motifs is 1. The highest BCUT2D eigenvalue weighted by atomic mass is 32.2. The van der Waals surface area contributed by atoms with Gasteiger partial charge in [0.15, 0.2) is 0 Å². The van der Waals surface area contributed by atoms with Crippen molar-refractivity contribution < 1.29 is 17.9 Å². The molecule has 0 N–H and O–H groups in total. The summed E-state index contributed by atoms with van der Waals surface area (Å²) in [5.41, 5.74) is 2.22. The Balaban J connectivity index is 2.37. The Morgan fingerprint density at radius 2 is 1.89 bits per heavy atom. The van der Waals surface area contributed by atoms with Gasteiger partial charge in [0, 0.05) is 0 Å². The first-order chi connectivity index (χ1) is 8.55. The van der Waals surface area contributed by atoms with Crippen molar-refractivity contribution in [1.82, 2.24) is 0 Å². The molecule has 0 atom stereocenters. The van der Waals surface area contributed by atoms with E-state index in [1.54, 1.807) is 19.1 Å². The van der Waals surface area contributed by atoms with E-state index in [9.17, 15) is 13.2 Å². The lowest BCUT2D eigenvalue weighted by Gasteiger charge is -2.16. The highest BCUT2D eigenvalue weighted by Gasteiger charge is 2.27. The third-order valence-corrected chi connectivity index (χ3v) is 4.54. The summed E-state index contributed by atoms with van der Waals surface area (Å²) in [4.78, 5) is 11.5. The van der Waals surface area contributed by atoms with Crippen LogP contribution in [0.3, 0.4) is 0 Å². The van der Waals surface area contributed by atoms with E-state index in [-0.39, 0.29) is 11.5 Å². The number of benzene rings is 1. The van der Waals surface area contributed by atoms with Crippen molar-refractivity contribution in [2.24, 2.45) is 0 Å². The fourth-order valence-corrected chi connectivity index (χ4v) is 3.18. The second-order valence-corrected chi connectivity index (χ2v) is 6.14. The van der Waals surface area contributed by atoms with Crippen LogP contribution in [0.15, 0.2) is 23.1 Å². The smallest absolute Gasteiger partial charge is 0.429 e. The Labute approximate surface area is 107 Å². The predicted octanol–water partition coefficient (Wildman–Crippen LogP) is 2.50. The summed E-state index contributed by atoms with van der Waals surface area (Å²) in [7, 11) is -4.00. The zero-order valence-electron chi connectivity index (χ0n) is 10.3. The van der Waals surface area contributed by atoms with Crippen LogP contribution in [0.4, 0.5) is 4.79 Å². The molecule has 0 fully saturated rings. The molecule has 0 amide bonds. The van der Waals surface area contributed by atoms with E-state index in [0.29, 0.717) is 0 Å². The Morgan fingerprint density at radius 3 is 2.56 bits per heavy atom. The summed E-state index contributed by atoms with van der Waals surface area (Å²) in [5.74, 6) is 0. The monoisotopic (exact) mass is 268 g/mol. The SMILES string of the molecule is CCOC(=O)S(=O)(=O)c1ccc2c(c1)CCCC2. The highest BCUT2D eigenvalue weighted by molar-refractivity contribution is 8.05. The lowest BCUT2D eigenvalue weighted by atomic mass is 9.92. The third kappa shape index (κ3) is 2.41. The number of carbonyl (C=O) groups is 1. The van der Waals surface area contributed by atoms with Crippen LogP contribution in [0.2, 0.25) is 0 Å². The number of aryl methyl sites for hydroxylation is 2. The number of sulfone groups is 1. The van der Waals surface area contributed by atoms with Crippen LogP contribution in [0.25, 0.3) is 0 Å². The van der Waals surface area contributed by atoms with Gasteiger partial charge in [0.2, 0.25) is 0 Å². The molecule has 5 heteroatoms. The highest BCUT2D eigenvalue weighted by Crippen LogP contribution is 2.25. The fourth-order valence-electron chi connectivity index (χ4n) is 2.17. The van der Waals surface area contributed by atoms with Crippen LogP contribution in [-0.2, 0) is 27.4 Å². The number of carbonyl (C=O) groups excluding carboxylic acids is 1. The molecule has 1 aromatic rings. The summed E-state index contributed by atoms with van der Waals surface area (Å²) in [5, 5.41) is -1.17. The average Bonchev–Trinajstić information content (AvgIpc) is 2.38. The topological polar surface area (TPSA) is 60.4 Å². The lowest BCUT2D eigenvalue weighted by Crippen LogP contribution is -2.17. The Morgan fingerprint density at radius 1 is 1.22 bits per heavy atom. The van der Waals surface area contributed by atoms with Crippen molar-refractivity contribution in [3.8, 4) is 0 Å². The molecule has 1 aromatic carbocycles. The van der Waals surface area contributed by atoms with Crippen molar-refractivity contribution in [3.63, 3.8) is 0 Å². The first-order valence-electron chi connectivity index (χ1n) is 6.09. The van der Waals surface area contributed by atoms with Crippen LogP contribution in [0, 0.1) is 0 Å². The first kappa shape index (κ1) is 13.1. The minimum Gasteiger partial charge on any atom is -0.454 e. The number of rotatable bonds is 2. The van der Waals surface area contributed by atoms with Gasteiger partial charge in [-0.3, -0.25) is 0 Å². The zero-order valence-corrected chi connectivity index (χ0v) is 11.1. The quantitative estimate of drug-likeness (QED) is 0.773. The third-order valence-electron chi connectivity index (χ3n) is 3.11. The van der Waals surface area contributed by atoms with E-state index in [4.69, 9.17) is 0 Å². The molecule has 1 aliphatic carbocycles. The predicted molar refractivity (Wildman–Crippen MR) is 67.3 cm³/mol. The molecule has 0 radical (unpaired) electrons. The summed E-state index contributed by atoms with van der Waals surface area (Å²) < 4.78 is 28.4. The van der Waals surface area contributed by atoms with Crippen molar-refractivity contribution >= 4 is 15.1 Å². The van der Waals surface area contributed by atoms with Gasteiger partial charge >= 0.3 is 5.30 Å². The van der Waals surface area contributed by atoms with Crippen LogP contribution in [0.5, 0.6) is 0 Å². The number of hydrogen-bond donors (Lipinski definition) is 0. The van der Waals surface area contributed by atoms with Gasteiger partial charge in [0.05, 0.1) is 11.5 Å². The van der Waals surface area contributed by atoms with E-state index in [2.05, 4.69) is 4.74 Å². The van der Waals surface area contributed by atoms with Crippen LogP contribution in [0.1, 0.15) is 30.9 Å². The van der Waals surface area contributed by atoms with Gasteiger partial charge in [-0.05, 0) is 55.9 Å². The van der Waals surface area contributed by atoms with Crippen molar-refractivity contribution in [2.75, 3.05) is 6.61 Å². The van der Waals surface area contributed by atoms with E-state index >= 15 is 0 Å². The van der Waals surface area contributed by atoms with E-state index in [0.717, 1.165) is 31.2 Å². The molecule has 0 bridgehead atoms. The molecule has 0 unspecified atom stereocenters. The van der Waals surface area contributed by atoms with Crippen molar-refractivity contribution in [1.29, 1.82) is 0 Å². The molecule has 0 saturated heterocycles. The number of ether oxygens (including phenoxy) is 1. The van der Waals surface area contributed by atoms with E-state index in [1.807, 2.05) is 0 Å². The number of hydrogen-bond acceptors (Lipinski definition) is 4. The zero-order chi connectivity index (χ0) is 13.2. The second kappa shape index (κ2) is 5.10. The molecule has 0 spiro atoms. The summed E-state index contributed by atoms with van der Waals surface area (Å²) in [6, 6.07) is 4.91. The Bertz CT molecular complexity index is 560. The summed E-state index contributed by atoms with van der Waals surface area (Å²) in [6.07, 6.45) is 4.06. The molecular formula is C13H16O4S. The average molecular weight is 268 g/mol. The summed E-state index contributed by atoms with van der Waals surface area (Å²) in [6.45, 7) is 1.64. The maximum absolute atomic E-state index is 11.9. The molecule has 0 heterocycles. The van der Waals surface area contributed by atoms with Gasteiger partial charge in [0.1, 0.15) is 0 Å².